The molecule has 0 saturated carbocycles. The van der Waals surface area contributed by atoms with Crippen LogP contribution in [-0.2, 0) is 4.79 Å². The van der Waals surface area contributed by atoms with Gasteiger partial charge >= 0.3 is 0 Å². The van der Waals surface area contributed by atoms with Crippen molar-refractivity contribution in [2.24, 2.45) is 5.92 Å². The lowest BCUT2D eigenvalue weighted by molar-refractivity contribution is -0.126. The van der Waals surface area contributed by atoms with E-state index >= 15 is 0 Å². The number of likely N-dealkylation sites (tertiary alicyclic amines) is 1. The lowest BCUT2D eigenvalue weighted by Crippen LogP contribution is -2.32. The van der Waals surface area contributed by atoms with Crippen molar-refractivity contribution in [2.45, 2.75) is 20.3 Å². The van der Waals surface area contributed by atoms with Crippen LogP contribution in [0.15, 0.2) is 36.4 Å². The SMILES string of the molecule is COc1cc(C)c(-c2ccc(C(=O)N(C)CC3CC(=O)N(C)C3)cc2)cc1C. The molecule has 5 heteroatoms. The summed E-state index contributed by atoms with van der Waals surface area (Å²) in [6.45, 7) is 5.39. The molecule has 1 saturated heterocycles. The highest BCUT2D eigenvalue weighted by atomic mass is 16.5. The normalized spacial score (nSPS) is 16.4. The second kappa shape index (κ2) is 8.05. The Kier molecular flexibility index (Phi) is 5.73. The summed E-state index contributed by atoms with van der Waals surface area (Å²) in [5.41, 5.74) is 5.09. The minimum atomic E-state index is -0.0174. The first-order valence-electron chi connectivity index (χ1n) is 9.55. The number of nitrogens with zero attached hydrogens (tertiary/aromatic N) is 2. The summed E-state index contributed by atoms with van der Waals surface area (Å²) >= 11 is 0. The number of hydrogen-bond donors (Lipinski definition) is 0. The fraction of sp³-hybridized carbons (Fsp3) is 0.391. The summed E-state index contributed by atoms with van der Waals surface area (Å²) in [6, 6.07) is 11.9. The van der Waals surface area contributed by atoms with Crippen LogP contribution in [0, 0.1) is 19.8 Å². The van der Waals surface area contributed by atoms with E-state index in [-0.39, 0.29) is 17.7 Å². The Balaban J connectivity index is 1.73. The topological polar surface area (TPSA) is 49.9 Å². The van der Waals surface area contributed by atoms with Crippen molar-refractivity contribution >= 4 is 11.8 Å². The molecule has 1 fully saturated rings. The molecule has 28 heavy (non-hydrogen) atoms. The highest BCUT2D eigenvalue weighted by Gasteiger charge is 2.28. The molecule has 2 amide bonds. The fourth-order valence-corrected chi connectivity index (χ4v) is 3.88. The van der Waals surface area contributed by atoms with Crippen LogP contribution < -0.4 is 4.74 Å². The number of benzene rings is 2. The Labute approximate surface area is 166 Å². The number of carbonyl (C=O) groups is 2. The molecule has 2 aromatic carbocycles. The second-order valence-electron chi connectivity index (χ2n) is 7.74. The van der Waals surface area contributed by atoms with E-state index in [1.807, 2.05) is 44.3 Å². The van der Waals surface area contributed by atoms with Gasteiger partial charge in [-0.3, -0.25) is 9.59 Å². The molecule has 148 valence electrons. The van der Waals surface area contributed by atoms with Gasteiger partial charge in [0.1, 0.15) is 5.75 Å². The number of amides is 2. The standard InChI is InChI=1S/C23H28N2O3/c1-15-11-21(28-5)16(2)10-20(15)18-6-8-19(9-7-18)23(27)25(4)14-17-12-22(26)24(3)13-17/h6-11,17H,12-14H2,1-5H3. The predicted octanol–water partition coefficient (Wildman–Crippen LogP) is 3.53. The van der Waals surface area contributed by atoms with Crippen molar-refractivity contribution < 1.29 is 14.3 Å². The van der Waals surface area contributed by atoms with Crippen molar-refractivity contribution in [1.29, 1.82) is 0 Å². The highest BCUT2D eigenvalue weighted by molar-refractivity contribution is 5.94. The molecular weight excluding hydrogens is 352 g/mol. The number of aryl methyl sites for hydroxylation is 2. The molecule has 3 rings (SSSR count). The summed E-state index contributed by atoms with van der Waals surface area (Å²) < 4.78 is 5.39. The van der Waals surface area contributed by atoms with E-state index in [0.717, 1.165) is 28.0 Å². The van der Waals surface area contributed by atoms with Gasteiger partial charge in [0.25, 0.3) is 5.91 Å². The fourth-order valence-electron chi connectivity index (χ4n) is 3.88. The van der Waals surface area contributed by atoms with Crippen LogP contribution in [0.3, 0.4) is 0 Å². The molecule has 1 unspecified atom stereocenters. The molecule has 0 spiro atoms. The van der Waals surface area contributed by atoms with Gasteiger partial charge in [-0.2, -0.15) is 0 Å². The van der Waals surface area contributed by atoms with Crippen LogP contribution in [0.2, 0.25) is 0 Å². The van der Waals surface area contributed by atoms with Gasteiger partial charge in [0.2, 0.25) is 5.91 Å². The smallest absolute Gasteiger partial charge is 0.253 e. The molecular formula is C23H28N2O3. The van der Waals surface area contributed by atoms with Gasteiger partial charge in [-0.1, -0.05) is 12.1 Å². The van der Waals surface area contributed by atoms with Crippen molar-refractivity contribution in [3.63, 3.8) is 0 Å². The van der Waals surface area contributed by atoms with Crippen LogP contribution in [0.5, 0.6) is 5.75 Å². The van der Waals surface area contributed by atoms with Gasteiger partial charge < -0.3 is 14.5 Å². The quantitative estimate of drug-likeness (QED) is 0.797. The van der Waals surface area contributed by atoms with E-state index in [4.69, 9.17) is 4.74 Å². The Morgan fingerprint density at radius 2 is 1.86 bits per heavy atom. The summed E-state index contributed by atoms with van der Waals surface area (Å²) in [4.78, 5) is 27.9. The summed E-state index contributed by atoms with van der Waals surface area (Å²) in [5, 5.41) is 0. The summed E-state index contributed by atoms with van der Waals surface area (Å²) in [5.74, 6) is 1.22. The Bertz CT molecular complexity index is 889. The lowest BCUT2D eigenvalue weighted by Gasteiger charge is -2.21. The van der Waals surface area contributed by atoms with Crippen LogP contribution >= 0.6 is 0 Å². The van der Waals surface area contributed by atoms with Crippen molar-refractivity contribution in [1.82, 2.24) is 9.80 Å². The van der Waals surface area contributed by atoms with E-state index < -0.39 is 0 Å². The third kappa shape index (κ3) is 4.03. The molecule has 1 aliphatic rings. The van der Waals surface area contributed by atoms with Crippen LogP contribution in [0.4, 0.5) is 0 Å². The van der Waals surface area contributed by atoms with E-state index in [0.29, 0.717) is 25.1 Å². The van der Waals surface area contributed by atoms with E-state index in [1.165, 1.54) is 0 Å². The number of carbonyl (C=O) groups excluding carboxylic acids is 2. The number of methoxy groups -OCH3 is 1. The Morgan fingerprint density at radius 1 is 1.18 bits per heavy atom. The molecule has 1 atom stereocenters. The van der Waals surface area contributed by atoms with Crippen LogP contribution in [0.25, 0.3) is 11.1 Å². The van der Waals surface area contributed by atoms with Crippen molar-refractivity contribution in [3.05, 3.63) is 53.1 Å². The molecule has 0 N–H and O–H groups in total. The molecule has 1 aliphatic heterocycles. The first kappa shape index (κ1) is 19.9. The maximum Gasteiger partial charge on any atom is 0.253 e. The van der Waals surface area contributed by atoms with Gasteiger partial charge in [0.05, 0.1) is 7.11 Å². The van der Waals surface area contributed by atoms with Crippen LogP contribution in [-0.4, -0.2) is 55.9 Å². The number of hydrogen-bond acceptors (Lipinski definition) is 3. The molecule has 0 aromatic heterocycles. The second-order valence-corrected chi connectivity index (χ2v) is 7.74. The average Bonchev–Trinajstić information content (AvgIpc) is 2.99. The predicted molar refractivity (Wildman–Crippen MR) is 111 cm³/mol. The summed E-state index contributed by atoms with van der Waals surface area (Å²) in [7, 11) is 5.29. The zero-order valence-electron chi connectivity index (χ0n) is 17.3. The largest absolute Gasteiger partial charge is 0.496 e. The zero-order chi connectivity index (χ0) is 20.4. The van der Waals surface area contributed by atoms with Gasteiger partial charge in [-0.15, -0.1) is 0 Å². The van der Waals surface area contributed by atoms with E-state index in [9.17, 15) is 9.59 Å². The zero-order valence-corrected chi connectivity index (χ0v) is 17.3. The lowest BCUT2D eigenvalue weighted by atomic mass is 9.97. The molecule has 0 aliphatic carbocycles. The molecule has 2 aromatic rings. The van der Waals surface area contributed by atoms with Crippen molar-refractivity contribution in [3.8, 4) is 16.9 Å². The van der Waals surface area contributed by atoms with Gasteiger partial charge in [-0.05, 0) is 60.4 Å². The first-order chi connectivity index (χ1) is 13.3. The molecule has 0 bridgehead atoms. The maximum atomic E-state index is 12.8. The average molecular weight is 380 g/mol. The van der Waals surface area contributed by atoms with Gasteiger partial charge in [0.15, 0.2) is 0 Å². The third-order valence-electron chi connectivity index (χ3n) is 5.48. The molecule has 0 radical (unpaired) electrons. The number of ether oxygens (including phenoxy) is 1. The maximum absolute atomic E-state index is 12.8. The third-order valence-corrected chi connectivity index (χ3v) is 5.48. The highest BCUT2D eigenvalue weighted by Crippen LogP contribution is 2.30. The van der Waals surface area contributed by atoms with Gasteiger partial charge in [0, 0.05) is 45.1 Å². The van der Waals surface area contributed by atoms with Gasteiger partial charge in [-0.25, -0.2) is 0 Å². The monoisotopic (exact) mass is 380 g/mol. The molecule has 1 heterocycles. The minimum Gasteiger partial charge on any atom is -0.496 e. The van der Waals surface area contributed by atoms with Crippen molar-refractivity contribution in [2.75, 3.05) is 34.3 Å². The first-order valence-corrected chi connectivity index (χ1v) is 9.55. The minimum absolute atomic E-state index is 0.0174. The van der Waals surface area contributed by atoms with Crippen LogP contribution in [0.1, 0.15) is 27.9 Å². The molecule has 5 nitrogen and oxygen atoms in total. The summed E-state index contributed by atoms with van der Waals surface area (Å²) in [6.07, 6.45) is 0.517. The number of rotatable bonds is 5. The van der Waals surface area contributed by atoms with E-state index in [2.05, 4.69) is 13.0 Å². The Hall–Kier alpha value is -2.82. The van der Waals surface area contributed by atoms with E-state index in [1.54, 1.807) is 24.0 Å². The Morgan fingerprint density at radius 3 is 2.43 bits per heavy atom.